The monoisotopic (exact) mass is 499 g/mol. The van der Waals surface area contributed by atoms with E-state index in [0.717, 1.165) is 49.4 Å². The molecule has 0 spiro atoms. The number of amides is 3. The van der Waals surface area contributed by atoms with E-state index < -0.39 is 18.1 Å². The molecule has 10 nitrogen and oxygen atoms in total. The van der Waals surface area contributed by atoms with Crippen LogP contribution in [-0.2, 0) is 14.4 Å². The molecule has 2 aromatic rings. The lowest BCUT2D eigenvalue weighted by atomic mass is 9.89. The van der Waals surface area contributed by atoms with Crippen LogP contribution >= 0.6 is 11.5 Å². The number of likely N-dealkylation sites (N-methyl/N-ethyl adjacent to an activating group) is 1. The first-order valence-electron chi connectivity index (χ1n) is 12.2. The van der Waals surface area contributed by atoms with Crippen LogP contribution in [0.15, 0.2) is 30.3 Å². The highest BCUT2D eigenvalue weighted by atomic mass is 32.1. The Hall–Kier alpha value is -2.89. The number of piperidine rings is 1. The fourth-order valence-electron chi connectivity index (χ4n) is 4.70. The molecule has 2 aliphatic heterocycles. The van der Waals surface area contributed by atoms with Crippen molar-refractivity contribution in [3.63, 3.8) is 0 Å². The van der Waals surface area contributed by atoms with Crippen LogP contribution in [0.4, 0.5) is 5.00 Å². The van der Waals surface area contributed by atoms with Gasteiger partial charge in [0.05, 0.1) is 6.04 Å². The number of nitrogens with zero attached hydrogens (tertiary/aromatic N) is 3. The first kappa shape index (κ1) is 25.2. The van der Waals surface area contributed by atoms with Crippen LogP contribution in [0.2, 0.25) is 0 Å². The van der Waals surface area contributed by atoms with Crippen LogP contribution in [0, 0.1) is 5.92 Å². The molecule has 0 saturated carbocycles. The minimum absolute atomic E-state index is 0.0245. The van der Waals surface area contributed by atoms with Crippen molar-refractivity contribution in [1.82, 2.24) is 30.4 Å². The second-order valence-corrected chi connectivity index (χ2v) is 9.83. The van der Waals surface area contributed by atoms with E-state index in [1.165, 1.54) is 0 Å². The molecule has 35 heavy (non-hydrogen) atoms. The smallest absolute Gasteiger partial charge is 0.247 e. The topological polar surface area (TPSA) is 128 Å². The number of aromatic nitrogens is 2. The summed E-state index contributed by atoms with van der Waals surface area (Å²) in [4.78, 5) is 41.4. The largest absolute Gasteiger partial charge is 0.343 e. The first-order valence-corrected chi connectivity index (χ1v) is 12.9. The van der Waals surface area contributed by atoms with Gasteiger partial charge in [0.2, 0.25) is 17.7 Å². The van der Waals surface area contributed by atoms with Gasteiger partial charge in [0.25, 0.3) is 0 Å². The summed E-state index contributed by atoms with van der Waals surface area (Å²) in [7, 11) is 1.71. The number of anilines is 1. The molecule has 3 heterocycles. The standard InChI is InChI=1S/C24H33N7O3S/c1-15(25-2)21(32)27-20(17-10-12-26-13-11-17)24(34)31-14-6-9-18(31)22(33)28-23-19(29-30-35-23)16-7-4-3-5-8-16/h3-5,7-8,15,17-18,20,25-26H,6,9-14H2,1-2H3,(H,27,32)(H,28,33)/t15-,18-,20-/m0/s1. The van der Waals surface area contributed by atoms with Crippen LogP contribution in [0.1, 0.15) is 32.6 Å². The van der Waals surface area contributed by atoms with Crippen molar-refractivity contribution in [2.75, 3.05) is 32.0 Å². The minimum atomic E-state index is -0.654. The van der Waals surface area contributed by atoms with E-state index in [2.05, 4.69) is 30.9 Å². The van der Waals surface area contributed by atoms with E-state index >= 15 is 0 Å². The third-order valence-corrected chi connectivity index (χ3v) is 7.50. The Morgan fingerprint density at radius 1 is 1.14 bits per heavy atom. The molecule has 2 fully saturated rings. The van der Waals surface area contributed by atoms with Crippen LogP contribution in [-0.4, -0.2) is 77.0 Å². The molecule has 1 aromatic carbocycles. The number of carbonyl (C=O) groups is 3. The molecule has 0 unspecified atom stereocenters. The Morgan fingerprint density at radius 2 is 1.89 bits per heavy atom. The average molecular weight is 500 g/mol. The average Bonchev–Trinajstić information content (AvgIpc) is 3.57. The van der Waals surface area contributed by atoms with E-state index in [1.54, 1.807) is 18.9 Å². The zero-order chi connectivity index (χ0) is 24.8. The molecule has 2 aliphatic rings. The van der Waals surface area contributed by atoms with Gasteiger partial charge in [-0.2, -0.15) is 0 Å². The molecule has 3 atom stereocenters. The quantitative estimate of drug-likeness (QED) is 0.430. The number of likely N-dealkylation sites (tertiary alicyclic amines) is 1. The summed E-state index contributed by atoms with van der Waals surface area (Å²) >= 11 is 1.12. The number of nitrogens with one attached hydrogen (secondary N) is 4. The number of hydrogen-bond donors (Lipinski definition) is 4. The Kier molecular flexibility index (Phi) is 8.42. The second-order valence-electron chi connectivity index (χ2n) is 9.08. The van der Waals surface area contributed by atoms with Gasteiger partial charge >= 0.3 is 0 Å². The highest BCUT2D eigenvalue weighted by Crippen LogP contribution is 2.30. The van der Waals surface area contributed by atoms with E-state index in [9.17, 15) is 14.4 Å². The highest BCUT2D eigenvalue weighted by molar-refractivity contribution is 7.10. The summed E-state index contributed by atoms with van der Waals surface area (Å²) in [5.41, 5.74) is 1.48. The molecule has 188 valence electrons. The van der Waals surface area contributed by atoms with Crippen LogP contribution < -0.4 is 21.3 Å². The summed E-state index contributed by atoms with van der Waals surface area (Å²) in [6, 6.07) is 7.88. The normalized spacial score (nSPS) is 20.3. The van der Waals surface area contributed by atoms with Crippen molar-refractivity contribution in [1.29, 1.82) is 0 Å². The Morgan fingerprint density at radius 3 is 2.60 bits per heavy atom. The zero-order valence-corrected chi connectivity index (χ0v) is 20.9. The maximum absolute atomic E-state index is 13.8. The molecule has 3 amide bonds. The van der Waals surface area contributed by atoms with Gasteiger partial charge in [-0.1, -0.05) is 34.8 Å². The molecule has 2 saturated heterocycles. The maximum atomic E-state index is 13.8. The van der Waals surface area contributed by atoms with E-state index in [-0.39, 0.29) is 23.6 Å². The fourth-order valence-corrected chi connectivity index (χ4v) is 5.30. The number of rotatable bonds is 8. The lowest BCUT2D eigenvalue weighted by Crippen LogP contribution is -2.58. The molecule has 0 aliphatic carbocycles. The fraction of sp³-hybridized carbons (Fsp3) is 0.542. The first-order chi connectivity index (χ1) is 17.0. The molecule has 0 radical (unpaired) electrons. The number of hydrogen-bond acceptors (Lipinski definition) is 8. The van der Waals surface area contributed by atoms with Gasteiger partial charge in [0.15, 0.2) is 0 Å². The van der Waals surface area contributed by atoms with Gasteiger partial charge in [-0.3, -0.25) is 14.4 Å². The van der Waals surface area contributed by atoms with Crippen molar-refractivity contribution in [3.05, 3.63) is 30.3 Å². The molecule has 4 rings (SSSR count). The van der Waals surface area contributed by atoms with Crippen LogP contribution in [0.25, 0.3) is 11.3 Å². The Bertz CT molecular complexity index is 1030. The third kappa shape index (κ3) is 5.85. The van der Waals surface area contributed by atoms with Crippen LogP contribution in [0.3, 0.4) is 0 Å². The Labute approximate surface area is 209 Å². The van der Waals surface area contributed by atoms with Crippen molar-refractivity contribution in [2.24, 2.45) is 5.92 Å². The van der Waals surface area contributed by atoms with E-state index in [4.69, 9.17) is 0 Å². The highest BCUT2D eigenvalue weighted by Gasteiger charge is 2.41. The summed E-state index contributed by atoms with van der Waals surface area (Å²) in [6.07, 6.45) is 2.89. The lowest BCUT2D eigenvalue weighted by molar-refractivity contribution is -0.142. The molecular weight excluding hydrogens is 466 g/mol. The summed E-state index contributed by atoms with van der Waals surface area (Å²) in [6.45, 7) is 3.86. The van der Waals surface area contributed by atoms with Crippen molar-refractivity contribution in [2.45, 2.75) is 50.7 Å². The van der Waals surface area contributed by atoms with Gasteiger partial charge in [-0.15, -0.1) is 5.10 Å². The SMILES string of the molecule is CN[C@@H](C)C(=O)N[C@H](C(=O)N1CCC[C@H]1C(=O)Nc1snnc1-c1ccccc1)C1CCNCC1. The van der Waals surface area contributed by atoms with Gasteiger partial charge < -0.3 is 26.2 Å². The summed E-state index contributed by atoms with van der Waals surface area (Å²) in [5.74, 6) is -0.626. The lowest BCUT2D eigenvalue weighted by Gasteiger charge is -2.35. The molecule has 11 heteroatoms. The van der Waals surface area contributed by atoms with E-state index in [1.807, 2.05) is 30.3 Å². The Balaban J connectivity index is 1.50. The van der Waals surface area contributed by atoms with Crippen molar-refractivity contribution < 1.29 is 14.4 Å². The van der Waals surface area contributed by atoms with Crippen molar-refractivity contribution in [3.8, 4) is 11.3 Å². The van der Waals surface area contributed by atoms with Gasteiger partial charge in [-0.05, 0) is 58.7 Å². The molecule has 0 bridgehead atoms. The number of benzene rings is 1. The zero-order valence-electron chi connectivity index (χ0n) is 20.1. The predicted molar refractivity (Wildman–Crippen MR) is 135 cm³/mol. The minimum Gasteiger partial charge on any atom is -0.343 e. The van der Waals surface area contributed by atoms with Gasteiger partial charge in [0.1, 0.15) is 22.8 Å². The maximum Gasteiger partial charge on any atom is 0.247 e. The van der Waals surface area contributed by atoms with Gasteiger partial charge in [-0.25, -0.2) is 0 Å². The van der Waals surface area contributed by atoms with Gasteiger partial charge in [0, 0.05) is 23.6 Å². The molecule has 1 aromatic heterocycles. The van der Waals surface area contributed by atoms with Crippen LogP contribution in [0.5, 0.6) is 0 Å². The summed E-state index contributed by atoms with van der Waals surface area (Å²) in [5, 5.41) is 16.9. The predicted octanol–water partition coefficient (Wildman–Crippen LogP) is 1.23. The van der Waals surface area contributed by atoms with E-state index in [0.29, 0.717) is 23.7 Å². The number of carbonyl (C=O) groups excluding carboxylic acids is 3. The molecular formula is C24H33N7O3S. The molecule has 4 N–H and O–H groups in total. The van der Waals surface area contributed by atoms with Crippen molar-refractivity contribution >= 4 is 34.3 Å². The third-order valence-electron chi connectivity index (χ3n) is 6.86. The second kappa shape index (κ2) is 11.7. The summed E-state index contributed by atoms with van der Waals surface area (Å²) < 4.78 is 4.02.